The normalized spacial score (nSPS) is 25.7. The van der Waals surface area contributed by atoms with Crippen LogP contribution in [0.15, 0.2) is 42.9 Å². The fraction of sp³-hybridized carbons (Fsp3) is 0.455. The minimum atomic E-state index is -4.28. The van der Waals surface area contributed by atoms with Gasteiger partial charge in [-0.3, -0.25) is 4.55 Å². The van der Waals surface area contributed by atoms with Gasteiger partial charge in [-0.2, -0.15) is 13.1 Å². The molecule has 0 saturated heterocycles. The Morgan fingerprint density at radius 3 is 2.84 bits per heavy atom. The molecular formula is C22H27N5O4S. The zero-order valence-electron chi connectivity index (χ0n) is 17.6. The van der Waals surface area contributed by atoms with Crippen LogP contribution in [0.1, 0.15) is 48.9 Å². The summed E-state index contributed by atoms with van der Waals surface area (Å²) in [7, 11) is -4.28. The monoisotopic (exact) mass is 457 g/mol. The molecule has 0 amide bonds. The molecule has 170 valence electrons. The molecule has 1 fully saturated rings. The topological polar surface area (TPSA) is 129 Å². The molecule has 32 heavy (non-hydrogen) atoms. The maximum absolute atomic E-state index is 11.0. The second kappa shape index (κ2) is 8.43. The number of hydrogen-bond acceptors (Lipinski definition) is 6. The third-order valence-electron chi connectivity index (χ3n) is 6.74. The number of aromatic nitrogens is 3. The first kappa shape index (κ1) is 21.3. The Morgan fingerprint density at radius 1 is 1.16 bits per heavy atom. The van der Waals surface area contributed by atoms with E-state index in [0.29, 0.717) is 12.8 Å². The minimum absolute atomic E-state index is 0.00141. The molecular weight excluding hydrogens is 430 g/mol. The molecule has 0 spiro atoms. The second-order valence-electron chi connectivity index (χ2n) is 8.75. The number of fused-ring (bicyclic) bond motifs is 2. The highest BCUT2D eigenvalue weighted by Gasteiger charge is 2.35. The lowest BCUT2D eigenvalue weighted by Crippen LogP contribution is -2.31. The van der Waals surface area contributed by atoms with Crippen molar-refractivity contribution < 1.29 is 18.1 Å². The van der Waals surface area contributed by atoms with E-state index in [0.717, 1.165) is 36.1 Å². The maximum Gasteiger partial charge on any atom is 0.333 e. The van der Waals surface area contributed by atoms with Crippen LogP contribution in [0.5, 0.6) is 0 Å². The average molecular weight is 458 g/mol. The highest BCUT2D eigenvalue weighted by atomic mass is 32.2. The summed E-state index contributed by atoms with van der Waals surface area (Å²) in [5.74, 6) is 0.510. The van der Waals surface area contributed by atoms with E-state index >= 15 is 0 Å². The Morgan fingerprint density at radius 2 is 2.00 bits per heavy atom. The number of benzene rings is 1. The van der Waals surface area contributed by atoms with Gasteiger partial charge in [-0.25, -0.2) is 9.97 Å². The lowest BCUT2D eigenvalue weighted by atomic mass is 9.88. The predicted molar refractivity (Wildman–Crippen MR) is 121 cm³/mol. The van der Waals surface area contributed by atoms with Crippen LogP contribution < -0.4 is 10.0 Å². The molecule has 4 atom stereocenters. The van der Waals surface area contributed by atoms with Crippen molar-refractivity contribution in [1.29, 1.82) is 0 Å². The van der Waals surface area contributed by atoms with E-state index in [9.17, 15) is 13.5 Å². The Balaban J connectivity index is 1.37. The molecule has 10 heteroatoms. The summed E-state index contributed by atoms with van der Waals surface area (Å²) >= 11 is 0. The van der Waals surface area contributed by atoms with Crippen LogP contribution in [0.3, 0.4) is 0 Å². The van der Waals surface area contributed by atoms with Crippen molar-refractivity contribution in [3.8, 4) is 0 Å². The van der Waals surface area contributed by atoms with E-state index < -0.39 is 16.4 Å². The van der Waals surface area contributed by atoms with Gasteiger partial charge in [0, 0.05) is 24.7 Å². The number of aliphatic hydroxyl groups excluding tert-OH is 1. The van der Waals surface area contributed by atoms with Gasteiger partial charge in [-0.15, -0.1) is 0 Å². The van der Waals surface area contributed by atoms with Crippen LogP contribution in [0.2, 0.25) is 0 Å². The first-order chi connectivity index (χ1) is 15.4. The molecule has 2 aliphatic rings. The smallest absolute Gasteiger partial charge is 0.333 e. The van der Waals surface area contributed by atoms with E-state index in [1.165, 1.54) is 11.1 Å². The number of anilines is 1. The maximum atomic E-state index is 11.0. The van der Waals surface area contributed by atoms with Crippen molar-refractivity contribution in [2.75, 3.05) is 11.9 Å². The zero-order valence-corrected chi connectivity index (χ0v) is 18.4. The van der Waals surface area contributed by atoms with Gasteiger partial charge in [0.25, 0.3) is 0 Å². The number of hydrogen-bond donors (Lipinski definition) is 4. The Kier molecular flexibility index (Phi) is 5.62. The number of aliphatic hydroxyl groups is 1. The van der Waals surface area contributed by atoms with Gasteiger partial charge < -0.3 is 15.0 Å². The number of nitrogens with zero attached hydrogens (tertiary/aromatic N) is 3. The second-order valence-corrected chi connectivity index (χ2v) is 9.99. The van der Waals surface area contributed by atoms with Crippen molar-refractivity contribution in [3.63, 3.8) is 0 Å². The fourth-order valence-electron chi connectivity index (χ4n) is 5.18. The Hall–Kier alpha value is -2.53. The van der Waals surface area contributed by atoms with Gasteiger partial charge in [-0.1, -0.05) is 24.3 Å². The lowest BCUT2D eigenvalue weighted by Gasteiger charge is -2.27. The van der Waals surface area contributed by atoms with E-state index in [1.54, 1.807) is 6.33 Å². The summed E-state index contributed by atoms with van der Waals surface area (Å²) in [6.45, 7) is -0.00141. The molecule has 3 aromatic rings. The molecule has 1 aromatic carbocycles. The molecule has 5 rings (SSSR count). The third kappa shape index (κ3) is 4.23. The van der Waals surface area contributed by atoms with Gasteiger partial charge in [0.1, 0.15) is 17.8 Å². The molecule has 2 aromatic heterocycles. The SMILES string of the molecule is O=S(=O)(O)NC[C@@H]1C[C@@H](n2ccc3c(N[C@H]4CCCc5ccccc54)ncnc32)C[C@@H]1O. The van der Waals surface area contributed by atoms with Crippen molar-refractivity contribution in [1.82, 2.24) is 19.3 Å². The van der Waals surface area contributed by atoms with Gasteiger partial charge in [-0.05, 0) is 49.3 Å². The lowest BCUT2D eigenvalue weighted by molar-refractivity contribution is 0.133. The van der Waals surface area contributed by atoms with Crippen molar-refractivity contribution in [3.05, 3.63) is 54.0 Å². The van der Waals surface area contributed by atoms with Crippen molar-refractivity contribution in [2.45, 2.75) is 50.3 Å². The van der Waals surface area contributed by atoms with Crippen LogP contribution in [0.25, 0.3) is 11.0 Å². The summed E-state index contributed by atoms with van der Waals surface area (Å²) < 4.78 is 35.0. The summed E-state index contributed by atoms with van der Waals surface area (Å²) in [6.07, 6.45) is 7.18. The van der Waals surface area contributed by atoms with E-state index in [-0.39, 0.29) is 24.5 Å². The molecule has 2 aliphatic carbocycles. The minimum Gasteiger partial charge on any atom is -0.393 e. The summed E-state index contributed by atoms with van der Waals surface area (Å²) in [4.78, 5) is 9.01. The molecule has 0 radical (unpaired) electrons. The van der Waals surface area contributed by atoms with Gasteiger partial charge in [0.15, 0.2) is 0 Å². The molecule has 0 aliphatic heterocycles. The number of rotatable bonds is 6. The number of nitrogens with one attached hydrogen (secondary N) is 2. The summed E-state index contributed by atoms with van der Waals surface area (Å²) in [6, 6.07) is 10.7. The van der Waals surface area contributed by atoms with Crippen molar-refractivity contribution >= 4 is 27.2 Å². The van der Waals surface area contributed by atoms with Gasteiger partial charge >= 0.3 is 10.3 Å². The molecule has 4 N–H and O–H groups in total. The largest absolute Gasteiger partial charge is 0.393 e. The average Bonchev–Trinajstić information content (AvgIpc) is 3.36. The van der Waals surface area contributed by atoms with Crippen LogP contribution in [0, 0.1) is 5.92 Å². The molecule has 2 heterocycles. The van der Waals surface area contributed by atoms with E-state index in [1.807, 2.05) is 16.8 Å². The quantitative estimate of drug-likeness (QED) is 0.419. The number of aryl methyl sites for hydroxylation is 1. The first-order valence-corrected chi connectivity index (χ1v) is 12.4. The molecule has 9 nitrogen and oxygen atoms in total. The fourth-order valence-corrected chi connectivity index (χ4v) is 5.61. The first-order valence-electron chi connectivity index (χ1n) is 10.9. The summed E-state index contributed by atoms with van der Waals surface area (Å²) in [5, 5.41) is 15.0. The van der Waals surface area contributed by atoms with Crippen LogP contribution in [-0.4, -0.2) is 45.3 Å². The Bertz CT molecular complexity index is 1230. The van der Waals surface area contributed by atoms with Crippen molar-refractivity contribution in [2.24, 2.45) is 5.92 Å². The van der Waals surface area contributed by atoms with E-state index in [2.05, 4.69) is 44.3 Å². The highest BCUT2D eigenvalue weighted by molar-refractivity contribution is 7.83. The standard InChI is InChI=1S/C22H27N5O4S/c28-20-11-16(10-15(20)12-25-32(29,30)31)27-9-8-18-21(23-13-24-22(18)27)26-19-7-3-5-14-4-1-2-6-17(14)19/h1-2,4,6,8-9,13,15-16,19-20,25,28H,3,5,7,10-12H2,(H,23,24,26)(H,29,30,31)/t15-,16+,19-,20-/m0/s1. The summed E-state index contributed by atoms with van der Waals surface area (Å²) in [5.41, 5.74) is 3.48. The molecule has 1 saturated carbocycles. The molecule has 0 unspecified atom stereocenters. The van der Waals surface area contributed by atoms with E-state index in [4.69, 9.17) is 4.55 Å². The van der Waals surface area contributed by atoms with Crippen LogP contribution >= 0.6 is 0 Å². The molecule has 0 bridgehead atoms. The zero-order chi connectivity index (χ0) is 22.3. The van der Waals surface area contributed by atoms with Crippen LogP contribution in [0.4, 0.5) is 5.82 Å². The van der Waals surface area contributed by atoms with Crippen LogP contribution in [-0.2, 0) is 16.7 Å². The van der Waals surface area contributed by atoms with Gasteiger partial charge in [0.05, 0.1) is 17.5 Å². The van der Waals surface area contributed by atoms with Gasteiger partial charge in [0.2, 0.25) is 0 Å². The highest BCUT2D eigenvalue weighted by Crippen LogP contribution is 2.38. The Labute approximate surface area is 186 Å². The third-order valence-corrected chi connectivity index (χ3v) is 7.27. The predicted octanol–water partition coefficient (Wildman–Crippen LogP) is 2.63.